The zero-order chi connectivity index (χ0) is 11.7. The number of aryl methyl sites for hydroxylation is 1. The van der Waals surface area contributed by atoms with Crippen LogP contribution in [0.3, 0.4) is 0 Å². The smallest absolute Gasteiger partial charge is 0.281 e. The molecule has 82 valence electrons. The number of ether oxygens (including phenoxy) is 1. The van der Waals surface area contributed by atoms with Gasteiger partial charge in [-0.3, -0.25) is 15.1 Å². The fourth-order valence-corrected chi connectivity index (χ4v) is 1.74. The number of fused-ring (bicyclic) bond motifs is 1. The molecule has 16 heavy (non-hydrogen) atoms. The van der Waals surface area contributed by atoms with Gasteiger partial charge in [-0.25, -0.2) is 0 Å². The molecule has 2 rings (SSSR count). The van der Waals surface area contributed by atoms with Crippen molar-refractivity contribution in [3.05, 3.63) is 40.1 Å². The van der Waals surface area contributed by atoms with Gasteiger partial charge >= 0.3 is 0 Å². The van der Waals surface area contributed by atoms with Crippen molar-refractivity contribution in [3.8, 4) is 5.75 Å². The molecule has 0 saturated carbocycles. The summed E-state index contributed by atoms with van der Waals surface area (Å²) in [6.07, 6.45) is 1.59. The first-order chi connectivity index (χ1) is 7.65. The van der Waals surface area contributed by atoms with Gasteiger partial charge in [-0.2, -0.15) is 0 Å². The maximum Gasteiger partial charge on any atom is 0.281 e. The van der Waals surface area contributed by atoms with Crippen LogP contribution in [0.25, 0.3) is 10.9 Å². The molecule has 0 N–H and O–H groups in total. The highest BCUT2D eigenvalue weighted by Crippen LogP contribution is 2.34. The first-order valence-electron chi connectivity index (χ1n) is 4.72. The topological polar surface area (TPSA) is 65.3 Å². The second kappa shape index (κ2) is 3.77. The van der Waals surface area contributed by atoms with Crippen LogP contribution in [0.4, 0.5) is 5.69 Å². The number of nitrogens with zero attached hydrogens (tertiary/aromatic N) is 2. The fraction of sp³-hybridized carbons (Fsp3) is 0.182. The van der Waals surface area contributed by atoms with Crippen LogP contribution in [-0.4, -0.2) is 17.0 Å². The second-order valence-corrected chi connectivity index (χ2v) is 3.40. The number of rotatable bonds is 2. The van der Waals surface area contributed by atoms with E-state index < -0.39 is 4.92 Å². The maximum absolute atomic E-state index is 11.0. The third-order valence-electron chi connectivity index (χ3n) is 2.42. The van der Waals surface area contributed by atoms with Gasteiger partial charge in [0.2, 0.25) is 0 Å². The Morgan fingerprint density at radius 2 is 2.25 bits per heavy atom. The largest absolute Gasteiger partial charge is 0.494 e. The molecule has 0 aliphatic carbocycles. The van der Waals surface area contributed by atoms with Gasteiger partial charge < -0.3 is 4.74 Å². The van der Waals surface area contributed by atoms with Crippen LogP contribution in [-0.2, 0) is 0 Å². The Labute approximate surface area is 91.8 Å². The van der Waals surface area contributed by atoms with Crippen molar-refractivity contribution in [2.75, 3.05) is 7.11 Å². The van der Waals surface area contributed by atoms with E-state index in [4.69, 9.17) is 4.74 Å². The van der Waals surface area contributed by atoms with Crippen LogP contribution >= 0.6 is 0 Å². The Kier molecular flexibility index (Phi) is 2.44. The number of hydrogen-bond donors (Lipinski definition) is 0. The Morgan fingerprint density at radius 1 is 1.50 bits per heavy atom. The van der Waals surface area contributed by atoms with E-state index in [1.54, 1.807) is 31.3 Å². The zero-order valence-electron chi connectivity index (χ0n) is 8.93. The number of nitro groups is 1. The number of hydrogen-bond acceptors (Lipinski definition) is 4. The van der Waals surface area contributed by atoms with Gasteiger partial charge in [-0.05, 0) is 25.1 Å². The monoisotopic (exact) mass is 218 g/mol. The predicted molar refractivity (Wildman–Crippen MR) is 59.7 cm³/mol. The van der Waals surface area contributed by atoms with E-state index in [1.807, 2.05) is 0 Å². The van der Waals surface area contributed by atoms with Crippen LogP contribution in [0.2, 0.25) is 0 Å². The Hall–Kier alpha value is -2.17. The molecule has 0 fully saturated rings. The van der Waals surface area contributed by atoms with Gasteiger partial charge in [-0.15, -0.1) is 0 Å². The number of nitro benzene ring substituents is 1. The van der Waals surface area contributed by atoms with E-state index in [0.717, 1.165) is 0 Å². The third kappa shape index (κ3) is 1.46. The molecule has 0 bridgehead atoms. The summed E-state index contributed by atoms with van der Waals surface area (Å²) in [5, 5.41) is 11.5. The molecule has 0 atom stereocenters. The molecule has 1 aromatic carbocycles. The molecule has 0 saturated heterocycles. The zero-order valence-corrected chi connectivity index (χ0v) is 8.93. The quantitative estimate of drug-likeness (QED) is 0.573. The maximum atomic E-state index is 11.0. The van der Waals surface area contributed by atoms with Crippen LogP contribution in [0.1, 0.15) is 5.56 Å². The Balaban J connectivity index is 2.92. The lowest BCUT2D eigenvalue weighted by atomic mass is 10.1. The van der Waals surface area contributed by atoms with Crippen molar-refractivity contribution in [1.29, 1.82) is 0 Å². The summed E-state index contributed by atoms with van der Waals surface area (Å²) in [6.45, 7) is 1.69. The Morgan fingerprint density at radius 3 is 2.88 bits per heavy atom. The fourth-order valence-electron chi connectivity index (χ4n) is 1.74. The molecule has 0 radical (unpaired) electrons. The summed E-state index contributed by atoms with van der Waals surface area (Å²) in [4.78, 5) is 14.7. The summed E-state index contributed by atoms with van der Waals surface area (Å²) in [5.41, 5.74) is 1.17. The molecule has 0 aliphatic rings. The summed E-state index contributed by atoms with van der Waals surface area (Å²) < 4.78 is 5.16. The standard InChI is InChI=1S/C11H10N2O3/c1-7-6-9(16-2)10-8(4-3-5-12-10)11(7)13(14)15/h3-6H,1-2H3. The van der Waals surface area contributed by atoms with E-state index in [2.05, 4.69) is 4.98 Å². The molecule has 2 aromatic rings. The van der Waals surface area contributed by atoms with Crippen molar-refractivity contribution in [3.63, 3.8) is 0 Å². The molecule has 0 amide bonds. The first kappa shape index (κ1) is 10.4. The van der Waals surface area contributed by atoms with Gasteiger partial charge in [-0.1, -0.05) is 0 Å². The molecule has 5 heteroatoms. The van der Waals surface area contributed by atoms with E-state index in [9.17, 15) is 10.1 Å². The lowest BCUT2D eigenvalue weighted by Crippen LogP contribution is -1.96. The van der Waals surface area contributed by atoms with Crippen molar-refractivity contribution in [2.24, 2.45) is 0 Å². The molecule has 5 nitrogen and oxygen atoms in total. The minimum atomic E-state index is -0.390. The number of aromatic nitrogens is 1. The number of pyridine rings is 1. The van der Waals surface area contributed by atoms with Crippen LogP contribution in [0.15, 0.2) is 24.4 Å². The van der Waals surface area contributed by atoms with E-state index in [-0.39, 0.29) is 5.69 Å². The van der Waals surface area contributed by atoms with Gasteiger partial charge in [0.15, 0.2) is 0 Å². The summed E-state index contributed by atoms with van der Waals surface area (Å²) in [6, 6.07) is 4.98. The molecule has 0 spiro atoms. The SMILES string of the molecule is COc1cc(C)c([N+](=O)[O-])c2cccnc12. The molecule has 0 unspecified atom stereocenters. The molecular formula is C11H10N2O3. The normalized spacial score (nSPS) is 10.4. The average molecular weight is 218 g/mol. The highest BCUT2D eigenvalue weighted by molar-refractivity contribution is 5.93. The lowest BCUT2D eigenvalue weighted by Gasteiger charge is -2.07. The molecule has 1 aromatic heterocycles. The van der Waals surface area contributed by atoms with Crippen LogP contribution in [0.5, 0.6) is 5.75 Å². The lowest BCUT2D eigenvalue weighted by molar-refractivity contribution is -0.383. The minimum absolute atomic E-state index is 0.0869. The van der Waals surface area contributed by atoms with Crippen LogP contribution < -0.4 is 4.74 Å². The van der Waals surface area contributed by atoms with E-state index >= 15 is 0 Å². The van der Waals surface area contributed by atoms with Gasteiger partial charge in [0.25, 0.3) is 5.69 Å². The van der Waals surface area contributed by atoms with Crippen molar-refractivity contribution in [1.82, 2.24) is 4.98 Å². The summed E-state index contributed by atoms with van der Waals surface area (Å²) in [5.74, 6) is 0.554. The minimum Gasteiger partial charge on any atom is -0.494 e. The van der Waals surface area contributed by atoms with Crippen molar-refractivity contribution >= 4 is 16.6 Å². The number of methoxy groups -OCH3 is 1. The Bertz CT molecular complexity index is 566. The van der Waals surface area contributed by atoms with Crippen molar-refractivity contribution < 1.29 is 9.66 Å². The molecule has 1 heterocycles. The second-order valence-electron chi connectivity index (χ2n) is 3.40. The molecule has 0 aliphatic heterocycles. The highest BCUT2D eigenvalue weighted by Gasteiger charge is 2.19. The first-order valence-corrected chi connectivity index (χ1v) is 4.72. The van der Waals surface area contributed by atoms with E-state index in [1.165, 1.54) is 7.11 Å². The predicted octanol–water partition coefficient (Wildman–Crippen LogP) is 2.46. The van der Waals surface area contributed by atoms with Crippen LogP contribution in [0, 0.1) is 17.0 Å². The molecular weight excluding hydrogens is 208 g/mol. The van der Waals surface area contributed by atoms with Crippen molar-refractivity contribution in [2.45, 2.75) is 6.92 Å². The van der Waals surface area contributed by atoms with E-state index in [0.29, 0.717) is 22.2 Å². The average Bonchev–Trinajstić information content (AvgIpc) is 2.27. The summed E-state index contributed by atoms with van der Waals surface area (Å²) in [7, 11) is 1.52. The van der Waals surface area contributed by atoms with Gasteiger partial charge in [0.1, 0.15) is 11.3 Å². The third-order valence-corrected chi connectivity index (χ3v) is 2.42. The summed E-state index contributed by atoms with van der Waals surface area (Å²) >= 11 is 0. The van der Waals surface area contributed by atoms with Gasteiger partial charge in [0.05, 0.1) is 17.4 Å². The van der Waals surface area contributed by atoms with Gasteiger partial charge in [0, 0.05) is 11.8 Å². The highest BCUT2D eigenvalue weighted by atomic mass is 16.6. The number of benzene rings is 1.